The Morgan fingerprint density at radius 2 is 2.08 bits per heavy atom. The second kappa shape index (κ2) is 9.94. The maximum absolute atomic E-state index is 11.8. The first-order chi connectivity index (χ1) is 18.2. The lowest BCUT2D eigenvalue weighted by Crippen LogP contribution is -2.39. The van der Waals surface area contributed by atoms with Gasteiger partial charge in [-0.1, -0.05) is 0 Å². The number of aromatic nitrogens is 3. The van der Waals surface area contributed by atoms with Crippen LogP contribution in [-0.4, -0.2) is 41.8 Å². The molecule has 2 N–H and O–H groups in total. The van der Waals surface area contributed by atoms with E-state index in [0.717, 1.165) is 57.6 Å². The zero-order valence-electron chi connectivity index (χ0n) is 20.4. The summed E-state index contributed by atoms with van der Waals surface area (Å²) in [5.74, 6) is 2.32. The molecule has 37 heavy (non-hydrogen) atoms. The number of anilines is 2. The van der Waals surface area contributed by atoms with Gasteiger partial charge in [0.1, 0.15) is 29.0 Å². The Kier molecular flexibility index (Phi) is 6.20. The summed E-state index contributed by atoms with van der Waals surface area (Å²) in [7, 11) is 1.65. The Bertz CT molecular complexity index is 1490. The number of aromatic amines is 1. The first-order valence-electron chi connectivity index (χ1n) is 12.2. The van der Waals surface area contributed by atoms with Gasteiger partial charge in [0.2, 0.25) is 5.56 Å². The summed E-state index contributed by atoms with van der Waals surface area (Å²) in [4.78, 5) is 25.7. The smallest absolute Gasteiger partial charge is 0.249 e. The highest BCUT2D eigenvalue weighted by Gasteiger charge is 2.30. The van der Waals surface area contributed by atoms with E-state index >= 15 is 0 Å². The van der Waals surface area contributed by atoms with E-state index in [4.69, 9.17) is 14.2 Å². The van der Waals surface area contributed by atoms with E-state index in [0.29, 0.717) is 26.2 Å². The fourth-order valence-corrected chi connectivity index (χ4v) is 4.84. The number of H-pyrrole nitrogens is 1. The molecule has 4 aromatic rings. The molecule has 1 aromatic carbocycles. The number of rotatable bonds is 6. The molecule has 0 radical (unpaired) electrons. The molecule has 1 fully saturated rings. The molecular formula is C28H27N5O4. The van der Waals surface area contributed by atoms with Crippen LogP contribution in [0.2, 0.25) is 0 Å². The normalized spacial score (nSPS) is 16.4. The minimum absolute atomic E-state index is 0.122. The van der Waals surface area contributed by atoms with Crippen molar-refractivity contribution in [1.29, 1.82) is 0 Å². The number of ether oxygens (including phenoxy) is 3. The van der Waals surface area contributed by atoms with E-state index in [-0.39, 0.29) is 11.7 Å². The van der Waals surface area contributed by atoms with Gasteiger partial charge in [0.25, 0.3) is 0 Å². The third-order valence-electron chi connectivity index (χ3n) is 6.69. The molecule has 2 aliphatic rings. The molecule has 0 saturated carbocycles. The summed E-state index contributed by atoms with van der Waals surface area (Å²) < 4.78 is 17.9. The van der Waals surface area contributed by atoms with Gasteiger partial charge in [-0.2, -0.15) is 0 Å². The van der Waals surface area contributed by atoms with Crippen LogP contribution >= 0.6 is 0 Å². The minimum Gasteiger partial charge on any atom is -0.495 e. The molecule has 1 unspecified atom stereocenters. The SMILES string of the molecule is COc1cccnc1CNc1ccc2c(c1)Cc1ccnc(C3CN(c4cc[nH]c(=O)c4)CCO3)c1O2. The Hall–Kier alpha value is -4.37. The third-order valence-corrected chi connectivity index (χ3v) is 6.69. The highest BCUT2D eigenvalue weighted by atomic mass is 16.5. The molecule has 1 atom stereocenters. The van der Waals surface area contributed by atoms with E-state index in [1.54, 1.807) is 25.6 Å². The average Bonchev–Trinajstić information content (AvgIpc) is 2.94. The first-order valence-corrected chi connectivity index (χ1v) is 12.2. The van der Waals surface area contributed by atoms with Crippen molar-refractivity contribution in [3.05, 3.63) is 100.0 Å². The summed E-state index contributed by atoms with van der Waals surface area (Å²) >= 11 is 0. The monoisotopic (exact) mass is 497 g/mol. The molecule has 6 rings (SSSR count). The van der Waals surface area contributed by atoms with Gasteiger partial charge >= 0.3 is 0 Å². The number of pyridine rings is 3. The lowest BCUT2D eigenvalue weighted by atomic mass is 9.98. The van der Waals surface area contributed by atoms with Crippen molar-refractivity contribution in [2.75, 3.05) is 37.0 Å². The second-order valence-electron chi connectivity index (χ2n) is 9.01. The fraction of sp³-hybridized carbons (Fsp3) is 0.250. The van der Waals surface area contributed by atoms with E-state index in [2.05, 4.69) is 31.2 Å². The molecule has 5 heterocycles. The molecule has 2 aliphatic heterocycles. The molecule has 1 saturated heterocycles. The Labute approximate surface area is 214 Å². The van der Waals surface area contributed by atoms with E-state index in [1.807, 2.05) is 42.6 Å². The lowest BCUT2D eigenvalue weighted by Gasteiger charge is -2.35. The summed E-state index contributed by atoms with van der Waals surface area (Å²) in [5.41, 5.74) is 5.52. The molecule has 188 valence electrons. The summed E-state index contributed by atoms with van der Waals surface area (Å²) in [6.07, 6.45) is 5.71. The van der Waals surface area contributed by atoms with Crippen LogP contribution in [0.5, 0.6) is 17.2 Å². The van der Waals surface area contributed by atoms with Crippen molar-refractivity contribution in [3.63, 3.8) is 0 Å². The lowest BCUT2D eigenvalue weighted by molar-refractivity contribution is 0.0355. The average molecular weight is 498 g/mol. The van der Waals surface area contributed by atoms with E-state index in [9.17, 15) is 4.79 Å². The number of hydrogen-bond donors (Lipinski definition) is 2. The van der Waals surface area contributed by atoms with Crippen LogP contribution in [0.1, 0.15) is 28.6 Å². The largest absolute Gasteiger partial charge is 0.495 e. The van der Waals surface area contributed by atoms with Crippen LogP contribution in [0.15, 0.2) is 71.9 Å². The number of nitrogens with one attached hydrogen (secondary N) is 2. The van der Waals surface area contributed by atoms with Crippen LogP contribution < -0.4 is 25.2 Å². The second-order valence-corrected chi connectivity index (χ2v) is 9.01. The van der Waals surface area contributed by atoms with Gasteiger partial charge < -0.3 is 29.4 Å². The number of fused-ring (bicyclic) bond motifs is 2. The summed E-state index contributed by atoms with van der Waals surface area (Å²) in [6.45, 7) is 2.38. The molecular weight excluding hydrogens is 470 g/mol. The van der Waals surface area contributed by atoms with Crippen molar-refractivity contribution >= 4 is 11.4 Å². The standard InChI is InChI=1S/C28H27N5O4/c1-35-24-3-2-8-29-22(24)16-32-20-4-5-23-19(14-20)13-18-6-9-31-27(28(18)37-23)25-17-33(11-12-36-25)21-7-10-30-26(34)15-21/h2-10,14-15,25,32H,11-13,16-17H2,1H3,(H,30,34). The van der Waals surface area contributed by atoms with Crippen LogP contribution in [-0.2, 0) is 17.7 Å². The van der Waals surface area contributed by atoms with E-state index in [1.165, 1.54) is 0 Å². The van der Waals surface area contributed by atoms with Crippen LogP contribution in [0, 0.1) is 0 Å². The van der Waals surface area contributed by atoms with Gasteiger partial charge in [-0.05, 0) is 42.5 Å². The summed E-state index contributed by atoms with van der Waals surface area (Å²) in [6, 6.07) is 15.4. The molecule has 9 nitrogen and oxygen atoms in total. The maximum Gasteiger partial charge on any atom is 0.249 e. The van der Waals surface area contributed by atoms with Crippen molar-refractivity contribution in [2.45, 2.75) is 19.1 Å². The van der Waals surface area contributed by atoms with Crippen LogP contribution in [0.25, 0.3) is 0 Å². The predicted octanol–water partition coefficient (Wildman–Crippen LogP) is 4.06. The van der Waals surface area contributed by atoms with E-state index < -0.39 is 0 Å². The zero-order chi connectivity index (χ0) is 25.2. The number of nitrogens with zero attached hydrogens (tertiary/aromatic N) is 3. The van der Waals surface area contributed by atoms with Crippen molar-refractivity contribution < 1.29 is 14.2 Å². The van der Waals surface area contributed by atoms with Gasteiger partial charge in [0.05, 0.1) is 26.8 Å². The molecule has 0 bridgehead atoms. The molecule has 0 aliphatic carbocycles. The minimum atomic E-state index is -0.265. The number of hydrogen-bond acceptors (Lipinski definition) is 8. The van der Waals surface area contributed by atoms with Gasteiger partial charge in [0.15, 0.2) is 5.75 Å². The van der Waals surface area contributed by atoms with Gasteiger partial charge in [-0.3, -0.25) is 14.8 Å². The van der Waals surface area contributed by atoms with Crippen molar-refractivity contribution in [1.82, 2.24) is 15.0 Å². The fourth-order valence-electron chi connectivity index (χ4n) is 4.84. The number of methoxy groups -OCH3 is 1. The predicted molar refractivity (Wildman–Crippen MR) is 140 cm³/mol. The molecule has 9 heteroatoms. The summed E-state index contributed by atoms with van der Waals surface area (Å²) in [5, 5.41) is 3.44. The Morgan fingerprint density at radius 1 is 1.14 bits per heavy atom. The van der Waals surface area contributed by atoms with Gasteiger partial charge in [-0.25, -0.2) is 0 Å². The highest BCUT2D eigenvalue weighted by molar-refractivity contribution is 5.58. The maximum atomic E-state index is 11.8. The van der Waals surface area contributed by atoms with Crippen LogP contribution in [0.4, 0.5) is 11.4 Å². The third kappa shape index (κ3) is 4.73. The van der Waals surface area contributed by atoms with Crippen molar-refractivity contribution in [3.8, 4) is 17.2 Å². The van der Waals surface area contributed by atoms with Gasteiger partial charge in [-0.15, -0.1) is 0 Å². The quantitative estimate of drug-likeness (QED) is 0.362. The number of morpholine rings is 1. The molecule has 0 spiro atoms. The van der Waals surface area contributed by atoms with Crippen molar-refractivity contribution in [2.24, 2.45) is 0 Å². The molecule has 0 amide bonds. The highest BCUT2D eigenvalue weighted by Crippen LogP contribution is 2.42. The first kappa shape index (κ1) is 23.1. The molecule has 3 aromatic heterocycles. The zero-order valence-corrected chi connectivity index (χ0v) is 20.4. The number of benzene rings is 1. The Balaban J connectivity index is 1.20. The topological polar surface area (TPSA) is 102 Å². The van der Waals surface area contributed by atoms with Gasteiger partial charge in [0, 0.05) is 60.1 Å². The van der Waals surface area contributed by atoms with Crippen LogP contribution in [0.3, 0.4) is 0 Å². The Morgan fingerprint density at radius 3 is 2.97 bits per heavy atom.